The Morgan fingerprint density at radius 3 is 2.29 bits per heavy atom. The number of methoxy groups -OCH3 is 1. The Balaban J connectivity index is 2.02. The molecule has 0 bridgehead atoms. The number of nitrogen functional groups attached to an aromatic ring is 1. The van der Waals surface area contributed by atoms with Crippen LogP contribution in [0.25, 0.3) is 11.1 Å². The largest absolute Gasteiger partial charge is 0.465 e. The molecular weight excluding hydrogens is 430 g/mol. The second-order valence-corrected chi connectivity index (χ2v) is 8.66. The van der Waals surface area contributed by atoms with Crippen molar-refractivity contribution in [3.05, 3.63) is 83.4 Å². The third kappa shape index (κ3) is 5.54. The number of nitrogens with two attached hydrogens (primary N) is 1. The summed E-state index contributed by atoms with van der Waals surface area (Å²) in [5.41, 5.74) is 9.14. The van der Waals surface area contributed by atoms with Crippen LogP contribution < -0.4 is 10.6 Å². The van der Waals surface area contributed by atoms with Crippen LogP contribution >= 0.6 is 0 Å². The first-order valence-corrected chi connectivity index (χ1v) is 10.7. The Labute approximate surface area is 199 Å². The van der Waals surface area contributed by atoms with Gasteiger partial charge in [0.05, 0.1) is 42.2 Å². The van der Waals surface area contributed by atoms with Crippen molar-refractivity contribution in [2.45, 2.75) is 32.9 Å². The van der Waals surface area contributed by atoms with Crippen molar-refractivity contribution in [1.82, 2.24) is 0 Å². The summed E-state index contributed by atoms with van der Waals surface area (Å²) in [6, 6.07) is 21.8. The summed E-state index contributed by atoms with van der Waals surface area (Å²) in [4.78, 5) is 27.0. The van der Waals surface area contributed by atoms with Crippen molar-refractivity contribution in [3.8, 4) is 17.2 Å². The molecule has 3 aromatic rings. The number of nitrogens with zero attached hydrogens (tertiary/aromatic N) is 2. The third-order valence-electron chi connectivity index (χ3n) is 5.01. The average Bonchev–Trinajstić information content (AvgIpc) is 2.81. The van der Waals surface area contributed by atoms with Crippen molar-refractivity contribution in [3.63, 3.8) is 0 Å². The molecule has 0 radical (unpaired) electrons. The van der Waals surface area contributed by atoms with Crippen LogP contribution in [0, 0.1) is 11.3 Å². The molecule has 0 aliphatic heterocycles. The van der Waals surface area contributed by atoms with Gasteiger partial charge in [0.2, 0.25) is 0 Å². The fraction of sp³-hybridized carbons (Fsp3) is 0.222. The highest BCUT2D eigenvalue weighted by Gasteiger charge is 2.29. The summed E-state index contributed by atoms with van der Waals surface area (Å²) in [7, 11) is 1.27. The Kier molecular flexibility index (Phi) is 7.22. The van der Waals surface area contributed by atoms with E-state index in [1.807, 2.05) is 42.5 Å². The maximum absolute atomic E-state index is 13.2. The van der Waals surface area contributed by atoms with Crippen molar-refractivity contribution in [1.29, 1.82) is 5.26 Å². The fourth-order valence-corrected chi connectivity index (χ4v) is 3.49. The van der Waals surface area contributed by atoms with E-state index in [9.17, 15) is 14.9 Å². The minimum Gasteiger partial charge on any atom is -0.465 e. The molecule has 1 amide bonds. The molecule has 0 spiro atoms. The first kappa shape index (κ1) is 24.3. The Morgan fingerprint density at radius 1 is 1.00 bits per heavy atom. The minimum absolute atomic E-state index is 0.104. The number of ether oxygens (including phenoxy) is 2. The van der Waals surface area contributed by atoms with E-state index >= 15 is 0 Å². The van der Waals surface area contributed by atoms with Gasteiger partial charge in [-0.1, -0.05) is 48.5 Å². The Hall–Kier alpha value is -4.31. The third-order valence-corrected chi connectivity index (χ3v) is 5.01. The van der Waals surface area contributed by atoms with Gasteiger partial charge in [0.1, 0.15) is 5.60 Å². The number of esters is 1. The van der Waals surface area contributed by atoms with Crippen LogP contribution in [0.1, 0.15) is 42.3 Å². The number of para-hydroxylation sites is 1. The quantitative estimate of drug-likeness (QED) is 0.398. The molecular formula is C27H27N3O4. The SMILES string of the molecule is COC(=O)c1cccc(N)c1N(Cc1ccc(-c2ccccc2C#N)cc1)C(=O)OC(C)(C)C. The van der Waals surface area contributed by atoms with Gasteiger partial charge in [-0.25, -0.2) is 9.59 Å². The van der Waals surface area contributed by atoms with Crippen LogP contribution in [0.3, 0.4) is 0 Å². The van der Waals surface area contributed by atoms with Gasteiger partial charge in [0, 0.05) is 0 Å². The fourth-order valence-electron chi connectivity index (χ4n) is 3.49. The molecule has 0 unspecified atom stereocenters. The Morgan fingerprint density at radius 2 is 1.68 bits per heavy atom. The highest BCUT2D eigenvalue weighted by molar-refractivity contribution is 6.04. The number of carbonyl (C=O) groups is 2. The van der Waals surface area contributed by atoms with Gasteiger partial charge in [-0.05, 0) is 55.7 Å². The lowest BCUT2D eigenvalue weighted by molar-refractivity contribution is 0.0576. The van der Waals surface area contributed by atoms with Crippen molar-refractivity contribution in [2.75, 3.05) is 17.7 Å². The van der Waals surface area contributed by atoms with Crippen LogP contribution in [0.15, 0.2) is 66.7 Å². The topological polar surface area (TPSA) is 106 Å². The molecule has 7 nitrogen and oxygen atoms in total. The molecule has 3 aromatic carbocycles. The number of hydrogen-bond acceptors (Lipinski definition) is 6. The molecule has 0 heterocycles. The van der Waals surface area contributed by atoms with E-state index in [-0.39, 0.29) is 23.5 Å². The first-order valence-electron chi connectivity index (χ1n) is 10.7. The molecule has 3 rings (SSSR count). The lowest BCUT2D eigenvalue weighted by Gasteiger charge is -2.29. The maximum atomic E-state index is 13.2. The lowest BCUT2D eigenvalue weighted by Crippen LogP contribution is -2.37. The molecule has 7 heteroatoms. The second-order valence-electron chi connectivity index (χ2n) is 8.66. The van der Waals surface area contributed by atoms with Gasteiger partial charge < -0.3 is 15.2 Å². The van der Waals surface area contributed by atoms with Gasteiger partial charge in [-0.2, -0.15) is 5.26 Å². The zero-order chi connectivity index (χ0) is 24.9. The normalized spacial score (nSPS) is 10.8. The van der Waals surface area contributed by atoms with E-state index in [1.165, 1.54) is 12.0 Å². The smallest absolute Gasteiger partial charge is 0.415 e. The summed E-state index contributed by atoms with van der Waals surface area (Å²) < 4.78 is 10.5. The predicted molar refractivity (Wildman–Crippen MR) is 131 cm³/mol. The number of rotatable bonds is 5. The van der Waals surface area contributed by atoms with Gasteiger partial charge in [0.25, 0.3) is 0 Å². The monoisotopic (exact) mass is 457 g/mol. The number of benzene rings is 3. The summed E-state index contributed by atoms with van der Waals surface area (Å²) in [5, 5.41) is 9.39. The summed E-state index contributed by atoms with van der Waals surface area (Å²) in [6.45, 7) is 5.40. The Bertz CT molecular complexity index is 1240. The van der Waals surface area contributed by atoms with E-state index < -0.39 is 17.7 Å². The van der Waals surface area contributed by atoms with Crippen molar-refractivity contribution >= 4 is 23.4 Å². The van der Waals surface area contributed by atoms with E-state index in [0.29, 0.717) is 5.56 Å². The zero-order valence-electron chi connectivity index (χ0n) is 19.7. The number of carbonyl (C=O) groups excluding carboxylic acids is 2. The molecule has 174 valence electrons. The minimum atomic E-state index is -0.755. The number of amides is 1. The predicted octanol–water partition coefficient (Wildman–Crippen LogP) is 5.54. The van der Waals surface area contributed by atoms with Gasteiger partial charge in [0.15, 0.2) is 0 Å². The van der Waals surface area contributed by atoms with Gasteiger partial charge in [-0.3, -0.25) is 4.90 Å². The van der Waals surface area contributed by atoms with Crippen LogP contribution in [-0.4, -0.2) is 24.8 Å². The van der Waals surface area contributed by atoms with E-state index in [0.717, 1.165) is 16.7 Å². The average molecular weight is 458 g/mol. The van der Waals surface area contributed by atoms with E-state index in [1.54, 1.807) is 45.0 Å². The van der Waals surface area contributed by atoms with Gasteiger partial charge in [-0.15, -0.1) is 0 Å². The zero-order valence-corrected chi connectivity index (χ0v) is 19.7. The van der Waals surface area contributed by atoms with Crippen LogP contribution in [0.5, 0.6) is 0 Å². The molecule has 0 aromatic heterocycles. The lowest BCUT2D eigenvalue weighted by atomic mass is 9.99. The summed E-state index contributed by atoms with van der Waals surface area (Å²) in [5.74, 6) is -0.612. The van der Waals surface area contributed by atoms with Gasteiger partial charge >= 0.3 is 12.1 Å². The molecule has 0 aliphatic rings. The van der Waals surface area contributed by atoms with E-state index in [2.05, 4.69) is 6.07 Å². The first-order chi connectivity index (χ1) is 16.1. The molecule has 34 heavy (non-hydrogen) atoms. The molecule has 0 aliphatic carbocycles. The molecule has 2 N–H and O–H groups in total. The molecule has 0 saturated carbocycles. The standard InChI is InChI=1S/C27H27N3O4/c1-27(2,3)34-26(32)30(24-22(25(31)33-4)10-7-11-23(24)29)17-18-12-14-19(15-13-18)21-9-6-5-8-20(21)16-28/h5-15H,17,29H2,1-4H3. The van der Waals surface area contributed by atoms with E-state index in [4.69, 9.17) is 15.2 Å². The highest BCUT2D eigenvalue weighted by atomic mass is 16.6. The van der Waals surface area contributed by atoms with Crippen LogP contribution in [0.4, 0.5) is 16.2 Å². The molecule has 0 saturated heterocycles. The number of anilines is 2. The van der Waals surface area contributed by atoms with Crippen LogP contribution in [-0.2, 0) is 16.0 Å². The number of hydrogen-bond donors (Lipinski definition) is 1. The highest BCUT2D eigenvalue weighted by Crippen LogP contribution is 2.32. The molecule has 0 atom stereocenters. The summed E-state index contributed by atoms with van der Waals surface area (Å²) >= 11 is 0. The van der Waals surface area contributed by atoms with Crippen molar-refractivity contribution < 1.29 is 19.1 Å². The second kappa shape index (κ2) is 10.1. The number of nitriles is 1. The van der Waals surface area contributed by atoms with Crippen molar-refractivity contribution in [2.24, 2.45) is 0 Å². The summed E-state index contributed by atoms with van der Waals surface area (Å²) in [6.07, 6.45) is -0.644. The molecule has 0 fully saturated rings. The van der Waals surface area contributed by atoms with Crippen LogP contribution in [0.2, 0.25) is 0 Å². The maximum Gasteiger partial charge on any atom is 0.415 e.